The molecule has 0 aliphatic rings. The molecule has 0 radical (unpaired) electrons. The molecular weight excluding hydrogens is 264 g/mol. The van der Waals surface area contributed by atoms with Crippen LogP contribution in [0.15, 0.2) is 24.3 Å². The topological polar surface area (TPSA) is 35.5 Å². The predicted molar refractivity (Wildman–Crippen MR) is 85.6 cm³/mol. The number of carbonyl (C=O) groups excluding carboxylic acids is 1. The van der Waals surface area contributed by atoms with Crippen LogP contribution in [0.4, 0.5) is 0 Å². The second-order valence-electron chi connectivity index (χ2n) is 5.71. The molecule has 3 heteroatoms. The van der Waals surface area contributed by atoms with Crippen LogP contribution in [0.1, 0.15) is 52.0 Å². The van der Waals surface area contributed by atoms with E-state index in [1.165, 1.54) is 5.56 Å². The predicted octanol–water partition coefficient (Wildman–Crippen LogP) is 4.39. The molecule has 1 aromatic rings. The Morgan fingerprint density at radius 2 is 1.81 bits per heavy atom. The van der Waals surface area contributed by atoms with Crippen LogP contribution in [0, 0.1) is 5.92 Å². The van der Waals surface area contributed by atoms with Gasteiger partial charge in [-0.3, -0.25) is 4.79 Å². The van der Waals surface area contributed by atoms with Gasteiger partial charge in [0, 0.05) is 6.42 Å². The van der Waals surface area contributed by atoms with Crippen LogP contribution in [-0.2, 0) is 16.0 Å². The molecule has 0 heterocycles. The Morgan fingerprint density at radius 3 is 2.43 bits per heavy atom. The maximum Gasteiger partial charge on any atom is 0.305 e. The summed E-state index contributed by atoms with van der Waals surface area (Å²) in [6.07, 6.45) is 4.44. The van der Waals surface area contributed by atoms with Crippen molar-refractivity contribution in [2.75, 3.05) is 13.2 Å². The largest absolute Gasteiger partial charge is 0.494 e. The van der Waals surface area contributed by atoms with Gasteiger partial charge in [-0.15, -0.1) is 0 Å². The average Bonchev–Trinajstić information content (AvgIpc) is 2.44. The fourth-order valence-corrected chi connectivity index (χ4v) is 2.16. The Hall–Kier alpha value is -1.51. The molecule has 0 aromatic heterocycles. The van der Waals surface area contributed by atoms with Crippen molar-refractivity contribution in [1.29, 1.82) is 0 Å². The van der Waals surface area contributed by atoms with E-state index in [0.29, 0.717) is 25.6 Å². The Morgan fingerprint density at radius 1 is 1.10 bits per heavy atom. The first-order valence-corrected chi connectivity index (χ1v) is 7.99. The average molecular weight is 292 g/mol. The summed E-state index contributed by atoms with van der Waals surface area (Å²) in [4.78, 5) is 11.2. The third-order valence-corrected chi connectivity index (χ3v) is 3.17. The molecule has 0 saturated heterocycles. The minimum atomic E-state index is -0.0980. The lowest BCUT2D eigenvalue weighted by Gasteiger charge is -2.08. The van der Waals surface area contributed by atoms with Gasteiger partial charge in [-0.2, -0.15) is 0 Å². The first kappa shape index (κ1) is 17.5. The van der Waals surface area contributed by atoms with Crippen molar-refractivity contribution in [3.05, 3.63) is 29.8 Å². The van der Waals surface area contributed by atoms with Gasteiger partial charge in [0.1, 0.15) is 5.75 Å². The van der Waals surface area contributed by atoms with Gasteiger partial charge in [0.25, 0.3) is 0 Å². The minimum Gasteiger partial charge on any atom is -0.494 e. The van der Waals surface area contributed by atoms with E-state index in [1.54, 1.807) is 0 Å². The molecule has 0 aliphatic heterocycles. The summed E-state index contributed by atoms with van der Waals surface area (Å²) in [6.45, 7) is 7.45. The number of benzene rings is 1. The molecule has 0 unspecified atom stereocenters. The van der Waals surface area contributed by atoms with Crippen molar-refractivity contribution in [2.45, 2.75) is 52.9 Å². The Bertz CT molecular complexity index is 395. The monoisotopic (exact) mass is 292 g/mol. The summed E-state index contributed by atoms with van der Waals surface area (Å²) in [7, 11) is 0. The molecule has 0 saturated carbocycles. The quantitative estimate of drug-likeness (QED) is 0.474. The smallest absolute Gasteiger partial charge is 0.305 e. The maximum absolute atomic E-state index is 11.2. The van der Waals surface area contributed by atoms with Crippen molar-refractivity contribution < 1.29 is 14.3 Å². The zero-order chi connectivity index (χ0) is 15.5. The molecule has 0 N–H and O–H groups in total. The second kappa shape index (κ2) is 10.3. The Labute approximate surface area is 128 Å². The van der Waals surface area contributed by atoms with Crippen LogP contribution in [0.25, 0.3) is 0 Å². The SMILES string of the molecule is CCOC(=O)CCCCCOc1ccc(CC(C)C)cc1. The van der Waals surface area contributed by atoms with E-state index in [4.69, 9.17) is 9.47 Å². The lowest BCUT2D eigenvalue weighted by atomic mass is 10.0. The van der Waals surface area contributed by atoms with Gasteiger partial charge in [0.05, 0.1) is 13.2 Å². The lowest BCUT2D eigenvalue weighted by molar-refractivity contribution is -0.143. The van der Waals surface area contributed by atoms with Crippen molar-refractivity contribution in [2.24, 2.45) is 5.92 Å². The molecule has 0 bridgehead atoms. The molecule has 1 rings (SSSR count). The zero-order valence-electron chi connectivity index (χ0n) is 13.6. The zero-order valence-corrected chi connectivity index (χ0v) is 13.6. The van der Waals surface area contributed by atoms with Gasteiger partial charge in [-0.05, 0) is 56.2 Å². The van der Waals surface area contributed by atoms with E-state index in [9.17, 15) is 4.79 Å². The van der Waals surface area contributed by atoms with Gasteiger partial charge in [0.2, 0.25) is 0 Å². The summed E-state index contributed by atoms with van der Waals surface area (Å²) in [5, 5.41) is 0. The highest BCUT2D eigenvalue weighted by atomic mass is 16.5. The number of esters is 1. The second-order valence-corrected chi connectivity index (χ2v) is 5.71. The maximum atomic E-state index is 11.2. The van der Waals surface area contributed by atoms with Crippen LogP contribution in [0.5, 0.6) is 5.75 Å². The standard InChI is InChI=1S/C18H28O3/c1-4-20-18(19)8-6-5-7-13-21-17-11-9-16(10-12-17)14-15(2)3/h9-12,15H,4-8,13-14H2,1-3H3. The molecular formula is C18H28O3. The summed E-state index contributed by atoms with van der Waals surface area (Å²) in [5.41, 5.74) is 1.35. The van der Waals surface area contributed by atoms with Gasteiger partial charge in [0.15, 0.2) is 0 Å². The summed E-state index contributed by atoms with van der Waals surface area (Å²) in [6, 6.07) is 8.35. The molecule has 0 amide bonds. The van der Waals surface area contributed by atoms with Gasteiger partial charge in [-0.1, -0.05) is 26.0 Å². The van der Waals surface area contributed by atoms with Crippen molar-refractivity contribution >= 4 is 5.97 Å². The Kier molecular flexibility index (Phi) is 8.56. The van der Waals surface area contributed by atoms with Crippen molar-refractivity contribution in [3.8, 4) is 5.75 Å². The molecule has 3 nitrogen and oxygen atoms in total. The molecule has 0 aliphatic carbocycles. The highest BCUT2D eigenvalue weighted by molar-refractivity contribution is 5.69. The van der Waals surface area contributed by atoms with Crippen LogP contribution in [0.2, 0.25) is 0 Å². The molecule has 118 valence electrons. The van der Waals surface area contributed by atoms with E-state index in [-0.39, 0.29) is 5.97 Å². The van der Waals surface area contributed by atoms with E-state index in [2.05, 4.69) is 26.0 Å². The normalized spacial score (nSPS) is 10.7. The van der Waals surface area contributed by atoms with E-state index >= 15 is 0 Å². The van der Waals surface area contributed by atoms with Crippen molar-refractivity contribution in [3.63, 3.8) is 0 Å². The molecule has 1 aromatic carbocycles. The minimum absolute atomic E-state index is 0.0980. The van der Waals surface area contributed by atoms with Gasteiger partial charge in [-0.25, -0.2) is 0 Å². The molecule has 0 fully saturated rings. The summed E-state index contributed by atoms with van der Waals surface area (Å²) < 4.78 is 10.6. The number of carbonyl (C=O) groups is 1. The molecule has 0 atom stereocenters. The fourth-order valence-electron chi connectivity index (χ4n) is 2.16. The number of rotatable bonds is 10. The van der Waals surface area contributed by atoms with Crippen LogP contribution < -0.4 is 4.74 Å². The van der Waals surface area contributed by atoms with Gasteiger partial charge < -0.3 is 9.47 Å². The molecule has 0 spiro atoms. The van der Waals surface area contributed by atoms with E-state index < -0.39 is 0 Å². The third-order valence-electron chi connectivity index (χ3n) is 3.17. The highest BCUT2D eigenvalue weighted by Gasteiger charge is 2.01. The highest BCUT2D eigenvalue weighted by Crippen LogP contribution is 2.15. The van der Waals surface area contributed by atoms with E-state index in [0.717, 1.165) is 31.4 Å². The fraction of sp³-hybridized carbons (Fsp3) is 0.611. The molecule has 21 heavy (non-hydrogen) atoms. The number of ether oxygens (including phenoxy) is 2. The summed E-state index contributed by atoms with van der Waals surface area (Å²) >= 11 is 0. The number of hydrogen-bond acceptors (Lipinski definition) is 3. The number of unbranched alkanes of at least 4 members (excludes halogenated alkanes) is 2. The van der Waals surface area contributed by atoms with Crippen LogP contribution >= 0.6 is 0 Å². The van der Waals surface area contributed by atoms with Gasteiger partial charge >= 0.3 is 5.97 Å². The first-order valence-electron chi connectivity index (χ1n) is 7.99. The van der Waals surface area contributed by atoms with Crippen LogP contribution in [0.3, 0.4) is 0 Å². The first-order chi connectivity index (χ1) is 10.1. The van der Waals surface area contributed by atoms with Crippen molar-refractivity contribution in [1.82, 2.24) is 0 Å². The number of hydrogen-bond donors (Lipinski definition) is 0. The van der Waals surface area contributed by atoms with Crippen LogP contribution in [-0.4, -0.2) is 19.2 Å². The lowest BCUT2D eigenvalue weighted by Crippen LogP contribution is -2.04. The third kappa shape index (κ3) is 8.38. The summed E-state index contributed by atoms with van der Waals surface area (Å²) in [5.74, 6) is 1.50. The Balaban J connectivity index is 2.11. The van der Waals surface area contributed by atoms with E-state index in [1.807, 2.05) is 19.1 Å².